The second kappa shape index (κ2) is 8.67. The number of likely N-dealkylation sites (tertiary alicyclic amines) is 1. The molecule has 0 unspecified atom stereocenters. The van der Waals surface area contributed by atoms with E-state index in [4.69, 9.17) is 23.2 Å². The predicted molar refractivity (Wildman–Crippen MR) is 147 cm³/mol. The zero-order valence-electron chi connectivity index (χ0n) is 21.8. The van der Waals surface area contributed by atoms with Gasteiger partial charge in [0.2, 0.25) is 11.8 Å². The summed E-state index contributed by atoms with van der Waals surface area (Å²) in [6, 6.07) is 12.5. The average molecular weight is 567 g/mol. The lowest BCUT2D eigenvalue weighted by atomic mass is 9.56. The number of phenols is 1. The first-order valence-corrected chi connectivity index (χ1v) is 13.9. The summed E-state index contributed by atoms with van der Waals surface area (Å²) >= 11 is 14.3. The van der Waals surface area contributed by atoms with Crippen LogP contribution in [0.3, 0.4) is 0 Å². The normalized spacial score (nSPS) is 33.7. The monoisotopic (exact) mass is 566 g/mol. The number of benzene rings is 2. The first kappa shape index (κ1) is 26.1. The van der Waals surface area contributed by atoms with Crippen LogP contribution in [0.25, 0.3) is 0 Å². The van der Waals surface area contributed by atoms with Crippen LogP contribution in [-0.4, -0.2) is 50.4 Å². The summed E-state index contributed by atoms with van der Waals surface area (Å²) in [7, 11) is 1.34. The number of aromatic hydroxyl groups is 1. The number of amides is 4. The van der Waals surface area contributed by atoms with E-state index in [1.807, 2.05) is 25.1 Å². The van der Waals surface area contributed by atoms with Crippen LogP contribution in [0.15, 0.2) is 54.1 Å². The Morgan fingerprint density at radius 3 is 2.33 bits per heavy atom. The first-order valence-electron chi connectivity index (χ1n) is 13.1. The quantitative estimate of drug-likeness (QED) is 0.336. The van der Waals surface area contributed by atoms with Crippen molar-refractivity contribution in [2.24, 2.45) is 17.8 Å². The van der Waals surface area contributed by atoms with E-state index in [9.17, 15) is 24.3 Å². The molecule has 1 N–H and O–H groups in total. The number of rotatable bonds is 3. The molecule has 0 spiro atoms. The molecule has 2 heterocycles. The summed E-state index contributed by atoms with van der Waals surface area (Å²) in [4.78, 5) is 53.1. The maximum absolute atomic E-state index is 14.0. The van der Waals surface area contributed by atoms with Gasteiger partial charge in [-0.15, -0.1) is 23.2 Å². The number of halogens is 2. The third-order valence-electron chi connectivity index (χ3n) is 9.20. The fourth-order valence-corrected chi connectivity index (χ4v) is 8.15. The molecule has 2 aliphatic heterocycles. The van der Waals surface area contributed by atoms with E-state index < -0.39 is 45.2 Å². The van der Waals surface area contributed by atoms with E-state index >= 15 is 0 Å². The second-order valence-electron chi connectivity index (χ2n) is 11.0. The Balaban J connectivity index is 1.51. The Labute approximate surface area is 236 Å². The largest absolute Gasteiger partial charge is 0.507 e. The molecule has 4 aliphatic rings. The molecule has 7 nitrogen and oxygen atoms in total. The number of nitrogens with zero attached hydrogens (tertiary/aromatic N) is 2. The van der Waals surface area contributed by atoms with Crippen molar-refractivity contribution in [1.82, 2.24) is 4.90 Å². The van der Waals surface area contributed by atoms with Gasteiger partial charge in [0.05, 0.1) is 17.5 Å². The molecule has 0 bridgehead atoms. The van der Waals surface area contributed by atoms with Gasteiger partial charge in [-0.3, -0.25) is 29.0 Å². The van der Waals surface area contributed by atoms with E-state index in [1.54, 1.807) is 37.3 Å². The highest BCUT2D eigenvalue weighted by atomic mass is 35.5. The van der Waals surface area contributed by atoms with Gasteiger partial charge >= 0.3 is 0 Å². The van der Waals surface area contributed by atoms with Crippen LogP contribution in [0.4, 0.5) is 5.69 Å². The highest BCUT2D eigenvalue weighted by Gasteiger charge is 2.76. The van der Waals surface area contributed by atoms with Crippen molar-refractivity contribution in [1.29, 1.82) is 0 Å². The SMILES string of the molecule is CCc1ccc(N2C(=O)[C@H]3[C@H](CC=C4[C@H]3C[C@@]3(Cl)C(=O)N(C)C(=O)[C@@]3(Cl)[C@H]4c3cccc(C)c3O)C2=O)cc1. The Morgan fingerprint density at radius 1 is 0.974 bits per heavy atom. The molecule has 9 heteroatoms. The number of alkyl halides is 2. The molecule has 2 aliphatic carbocycles. The number of allylic oxidation sites excluding steroid dienone is 2. The summed E-state index contributed by atoms with van der Waals surface area (Å²) < 4.78 is 0. The van der Waals surface area contributed by atoms with Crippen LogP contribution in [0, 0.1) is 24.7 Å². The van der Waals surface area contributed by atoms with Crippen molar-refractivity contribution in [2.45, 2.75) is 48.8 Å². The molecule has 39 heavy (non-hydrogen) atoms. The van der Waals surface area contributed by atoms with E-state index in [0.717, 1.165) is 16.9 Å². The maximum atomic E-state index is 14.0. The van der Waals surface area contributed by atoms with Crippen LogP contribution in [0.5, 0.6) is 5.75 Å². The van der Waals surface area contributed by atoms with Crippen molar-refractivity contribution in [2.75, 3.05) is 11.9 Å². The molecule has 202 valence electrons. The topological polar surface area (TPSA) is 95.0 Å². The number of hydrogen-bond donors (Lipinski definition) is 1. The minimum Gasteiger partial charge on any atom is -0.507 e. The Kier molecular flexibility index (Phi) is 5.80. The molecule has 6 atom stereocenters. The van der Waals surface area contributed by atoms with Crippen LogP contribution in [-0.2, 0) is 25.6 Å². The number of aryl methyl sites for hydroxylation is 2. The fraction of sp³-hybridized carbons (Fsp3) is 0.400. The standard InChI is InChI=1S/C30H28Cl2N2O5/c1-4-16-8-10-17(11-9-16)34-25(36)19-13-12-18-21(22(19)26(34)37)14-29(31)27(38)33(3)28(39)30(29,32)23(18)20-7-5-6-15(2)24(20)35/h5-12,19,21-23,35H,4,13-14H2,1-3H3/t19-,21+,22-,23+,29+,30-/m0/s1. The van der Waals surface area contributed by atoms with Crippen LogP contribution in [0.2, 0.25) is 0 Å². The number of anilines is 1. The van der Waals surface area contributed by atoms with Gasteiger partial charge < -0.3 is 5.11 Å². The highest BCUT2D eigenvalue weighted by molar-refractivity contribution is 6.53. The third kappa shape index (κ3) is 3.23. The molecule has 0 radical (unpaired) electrons. The molecule has 2 aromatic carbocycles. The summed E-state index contributed by atoms with van der Waals surface area (Å²) in [5.74, 6) is -5.00. The minimum atomic E-state index is -1.91. The van der Waals surface area contributed by atoms with E-state index in [1.165, 1.54) is 11.9 Å². The lowest BCUT2D eigenvalue weighted by molar-refractivity contribution is -0.138. The van der Waals surface area contributed by atoms with Crippen molar-refractivity contribution < 1.29 is 24.3 Å². The Bertz CT molecular complexity index is 1490. The van der Waals surface area contributed by atoms with Crippen molar-refractivity contribution >= 4 is 52.5 Å². The van der Waals surface area contributed by atoms with Crippen LogP contribution < -0.4 is 4.90 Å². The van der Waals surface area contributed by atoms with Gasteiger partial charge in [-0.05, 0) is 55.4 Å². The summed E-state index contributed by atoms with van der Waals surface area (Å²) in [5.41, 5.74) is 3.18. The number of imide groups is 2. The first-order chi connectivity index (χ1) is 18.5. The number of phenolic OH excluding ortho intramolecular Hbond substituents is 1. The van der Waals surface area contributed by atoms with E-state index in [0.29, 0.717) is 22.4 Å². The fourth-order valence-electron chi connectivity index (χ4n) is 7.14. The number of hydrogen-bond acceptors (Lipinski definition) is 5. The average Bonchev–Trinajstić information content (AvgIpc) is 3.25. The summed E-state index contributed by atoms with van der Waals surface area (Å²) in [5, 5.41) is 11.1. The minimum absolute atomic E-state index is 0.0496. The van der Waals surface area contributed by atoms with Gasteiger partial charge in [0.15, 0.2) is 9.75 Å². The molecule has 1 saturated carbocycles. The number of carbonyl (C=O) groups excluding carboxylic acids is 4. The molecule has 4 amide bonds. The van der Waals surface area contributed by atoms with Gasteiger partial charge in [-0.1, -0.05) is 48.9 Å². The lowest BCUT2D eigenvalue weighted by Crippen LogP contribution is -2.60. The van der Waals surface area contributed by atoms with Gasteiger partial charge in [0.25, 0.3) is 11.8 Å². The molecule has 6 rings (SSSR count). The predicted octanol–water partition coefficient (Wildman–Crippen LogP) is 4.46. The van der Waals surface area contributed by atoms with E-state index in [-0.39, 0.29) is 30.4 Å². The second-order valence-corrected chi connectivity index (χ2v) is 12.3. The van der Waals surface area contributed by atoms with Gasteiger partial charge in [-0.25, -0.2) is 0 Å². The maximum Gasteiger partial charge on any atom is 0.253 e. The van der Waals surface area contributed by atoms with Gasteiger partial charge in [0.1, 0.15) is 5.75 Å². The molecule has 3 fully saturated rings. The van der Waals surface area contributed by atoms with Crippen molar-refractivity contribution in [3.05, 3.63) is 70.8 Å². The lowest BCUT2D eigenvalue weighted by Gasteiger charge is -2.50. The number of fused-ring (bicyclic) bond motifs is 4. The highest BCUT2D eigenvalue weighted by Crippen LogP contribution is 2.66. The van der Waals surface area contributed by atoms with Crippen molar-refractivity contribution in [3.63, 3.8) is 0 Å². The Morgan fingerprint density at radius 2 is 1.67 bits per heavy atom. The molecular formula is C30H28Cl2N2O5. The van der Waals surface area contributed by atoms with Gasteiger partial charge in [0, 0.05) is 18.5 Å². The zero-order valence-corrected chi connectivity index (χ0v) is 23.3. The van der Waals surface area contributed by atoms with Gasteiger partial charge in [-0.2, -0.15) is 0 Å². The molecule has 0 aromatic heterocycles. The van der Waals surface area contributed by atoms with E-state index in [2.05, 4.69) is 0 Å². The zero-order chi connectivity index (χ0) is 28.0. The number of para-hydroxylation sites is 1. The molecular weight excluding hydrogens is 539 g/mol. The summed E-state index contributed by atoms with van der Waals surface area (Å²) in [6.45, 7) is 3.76. The van der Waals surface area contributed by atoms with Crippen molar-refractivity contribution in [3.8, 4) is 5.75 Å². The number of carbonyl (C=O) groups is 4. The van der Waals surface area contributed by atoms with Crippen LogP contribution in [0.1, 0.15) is 42.4 Å². The van der Waals surface area contributed by atoms with Crippen LogP contribution >= 0.6 is 23.2 Å². The molecule has 2 aromatic rings. The summed E-state index contributed by atoms with van der Waals surface area (Å²) in [6.07, 6.45) is 2.89. The third-order valence-corrected chi connectivity index (χ3v) is 10.6. The smallest absolute Gasteiger partial charge is 0.253 e. The molecule has 2 saturated heterocycles. The Hall–Kier alpha value is -3.16.